The summed E-state index contributed by atoms with van der Waals surface area (Å²) in [5, 5.41) is 2.66. The van der Waals surface area contributed by atoms with E-state index >= 15 is 0 Å². The number of rotatable bonds is 7. The lowest BCUT2D eigenvalue weighted by molar-refractivity contribution is 0.102. The highest BCUT2D eigenvalue weighted by Gasteiger charge is 2.21. The molecule has 2 N–H and O–H groups in total. The smallest absolute Gasteiger partial charge is 0.255 e. The van der Waals surface area contributed by atoms with E-state index in [1.54, 1.807) is 12.1 Å². The standard InChI is InChI=1S/C22H20F2N2O3S/c1-2-15-5-10-19(11-6-15)26-22(27)17-7-12-20(24)21(13-17)30(28,29)25-14-16-3-8-18(23)9-4-16/h3-13,25H,2,14H2,1H3,(H,26,27). The number of aryl methyl sites for hydroxylation is 1. The fraction of sp³-hybridized carbons (Fsp3) is 0.136. The van der Waals surface area contributed by atoms with Crippen molar-refractivity contribution in [3.05, 3.63) is 95.1 Å². The topological polar surface area (TPSA) is 75.3 Å². The summed E-state index contributed by atoms with van der Waals surface area (Å²) >= 11 is 0. The number of amides is 1. The van der Waals surface area contributed by atoms with Gasteiger partial charge in [-0.1, -0.05) is 31.2 Å². The van der Waals surface area contributed by atoms with Crippen LogP contribution in [0.15, 0.2) is 71.6 Å². The van der Waals surface area contributed by atoms with Crippen LogP contribution in [0, 0.1) is 11.6 Å². The number of sulfonamides is 1. The third kappa shape index (κ3) is 5.28. The quantitative estimate of drug-likeness (QED) is 0.588. The van der Waals surface area contributed by atoms with E-state index in [9.17, 15) is 22.0 Å². The number of anilines is 1. The number of nitrogens with one attached hydrogen (secondary N) is 2. The first kappa shape index (κ1) is 21.6. The van der Waals surface area contributed by atoms with Crippen molar-refractivity contribution in [1.82, 2.24) is 4.72 Å². The van der Waals surface area contributed by atoms with Crippen molar-refractivity contribution in [2.45, 2.75) is 24.8 Å². The lowest BCUT2D eigenvalue weighted by Gasteiger charge is -2.10. The summed E-state index contributed by atoms with van der Waals surface area (Å²) in [4.78, 5) is 11.8. The highest BCUT2D eigenvalue weighted by atomic mass is 32.2. The van der Waals surface area contributed by atoms with Gasteiger partial charge in [0, 0.05) is 17.8 Å². The average Bonchev–Trinajstić information content (AvgIpc) is 2.74. The van der Waals surface area contributed by atoms with Crippen LogP contribution in [0.5, 0.6) is 0 Å². The van der Waals surface area contributed by atoms with Gasteiger partial charge in [-0.15, -0.1) is 0 Å². The van der Waals surface area contributed by atoms with Gasteiger partial charge in [-0.2, -0.15) is 0 Å². The number of hydrogen-bond acceptors (Lipinski definition) is 3. The Bertz CT molecular complexity index is 1150. The van der Waals surface area contributed by atoms with Crippen LogP contribution in [0.25, 0.3) is 0 Å². The molecular formula is C22H20F2N2O3S. The van der Waals surface area contributed by atoms with Gasteiger partial charge in [-0.3, -0.25) is 4.79 Å². The molecule has 0 aliphatic carbocycles. The molecule has 0 saturated heterocycles. The normalized spacial score (nSPS) is 11.3. The van der Waals surface area contributed by atoms with Gasteiger partial charge in [-0.25, -0.2) is 21.9 Å². The van der Waals surface area contributed by atoms with Crippen LogP contribution in [0.4, 0.5) is 14.5 Å². The Morgan fingerprint density at radius 2 is 1.53 bits per heavy atom. The van der Waals surface area contributed by atoms with Crippen molar-refractivity contribution in [2.75, 3.05) is 5.32 Å². The highest BCUT2D eigenvalue weighted by molar-refractivity contribution is 7.89. The molecule has 0 aromatic heterocycles. The van der Waals surface area contributed by atoms with Crippen LogP contribution in [0.1, 0.15) is 28.4 Å². The maximum absolute atomic E-state index is 14.2. The van der Waals surface area contributed by atoms with Crippen molar-refractivity contribution < 1.29 is 22.0 Å². The van der Waals surface area contributed by atoms with Gasteiger partial charge in [0.25, 0.3) is 5.91 Å². The molecule has 0 heterocycles. The first-order valence-corrected chi connectivity index (χ1v) is 10.7. The Morgan fingerprint density at radius 3 is 2.17 bits per heavy atom. The predicted molar refractivity (Wildman–Crippen MR) is 111 cm³/mol. The minimum atomic E-state index is -4.24. The van der Waals surface area contributed by atoms with E-state index in [1.165, 1.54) is 30.3 Å². The number of carbonyl (C=O) groups excluding carboxylic acids is 1. The Morgan fingerprint density at radius 1 is 0.900 bits per heavy atom. The number of hydrogen-bond donors (Lipinski definition) is 2. The molecule has 0 fully saturated rings. The van der Waals surface area contributed by atoms with Crippen LogP contribution < -0.4 is 10.0 Å². The molecule has 0 aliphatic rings. The van der Waals surface area contributed by atoms with Crippen molar-refractivity contribution in [1.29, 1.82) is 0 Å². The van der Waals surface area contributed by atoms with Gasteiger partial charge in [-0.05, 0) is 60.0 Å². The van der Waals surface area contributed by atoms with E-state index in [4.69, 9.17) is 0 Å². The molecule has 0 unspecified atom stereocenters. The molecule has 8 heteroatoms. The van der Waals surface area contributed by atoms with E-state index in [-0.39, 0.29) is 12.1 Å². The first-order chi connectivity index (χ1) is 14.3. The van der Waals surface area contributed by atoms with Gasteiger partial charge in [0.05, 0.1) is 0 Å². The van der Waals surface area contributed by atoms with Crippen LogP contribution in [0.3, 0.4) is 0 Å². The predicted octanol–water partition coefficient (Wildman–Crippen LogP) is 4.26. The molecule has 0 radical (unpaired) electrons. The fourth-order valence-corrected chi connectivity index (χ4v) is 3.86. The third-order valence-electron chi connectivity index (χ3n) is 4.48. The molecule has 30 heavy (non-hydrogen) atoms. The monoisotopic (exact) mass is 430 g/mol. The summed E-state index contributed by atoms with van der Waals surface area (Å²) in [5.41, 5.74) is 2.15. The molecule has 156 valence electrons. The third-order valence-corrected chi connectivity index (χ3v) is 5.90. The van der Waals surface area contributed by atoms with Crippen molar-refractivity contribution in [2.24, 2.45) is 0 Å². The minimum absolute atomic E-state index is 0.00174. The molecule has 3 aromatic carbocycles. The van der Waals surface area contributed by atoms with Crippen LogP contribution in [-0.4, -0.2) is 14.3 Å². The molecule has 5 nitrogen and oxygen atoms in total. The number of carbonyl (C=O) groups is 1. The summed E-state index contributed by atoms with van der Waals surface area (Å²) in [6, 6.07) is 15.6. The molecule has 0 spiro atoms. The van der Waals surface area contributed by atoms with Crippen LogP contribution in [-0.2, 0) is 23.0 Å². The van der Waals surface area contributed by atoms with E-state index in [0.717, 1.165) is 24.1 Å². The van der Waals surface area contributed by atoms with E-state index < -0.39 is 32.5 Å². The second kappa shape index (κ2) is 9.15. The van der Waals surface area contributed by atoms with Crippen LogP contribution in [0.2, 0.25) is 0 Å². The second-order valence-electron chi connectivity index (χ2n) is 6.60. The molecule has 3 rings (SSSR count). The van der Waals surface area contributed by atoms with Gasteiger partial charge in [0.2, 0.25) is 10.0 Å². The van der Waals surface area contributed by atoms with E-state index in [2.05, 4.69) is 10.0 Å². The largest absolute Gasteiger partial charge is 0.322 e. The summed E-state index contributed by atoms with van der Waals surface area (Å²) in [7, 11) is -4.24. The van der Waals surface area contributed by atoms with Crippen LogP contribution >= 0.6 is 0 Å². The Hall–Kier alpha value is -3.10. The van der Waals surface area contributed by atoms with Crippen molar-refractivity contribution >= 4 is 21.6 Å². The maximum atomic E-state index is 14.2. The molecule has 0 atom stereocenters. The van der Waals surface area contributed by atoms with Gasteiger partial charge in [0.1, 0.15) is 16.5 Å². The zero-order valence-corrected chi connectivity index (χ0v) is 17.0. The van der Waals surface area contributed by atoms with E-state index in [0.29, 0.717) is 11.3 Å². The summed E-state index contributed by atoms with van der Waals surface area (Å²) in [6.45, 7) is 1.86. The Labute approximate surface area is 173 Å². The molecular weight excluding hydrogens is 410 g/mol. The number of halogens is 2. The lowest BCUT2D eigenvalue weighted by atomic mass is 10.1. The minimum Gasteiger partial charge on any atom is -0.322 e. The van der Waals surface area contributed by atoms with Gasteiger partial charge < -0.3 is 5.32 Å². The molecule has 3 aromatic rings. The Balaban J connectivity index is 1.77. The Kier molecular flexibility index (Phi) is 6.59. The first-order valence-electron chi connectivity index (χ1n) is 9.22. The van der Waals surface area contributed by atoms with Crippen molar-refractivity contribution in [3.63, 3.8) is 0 Å². The highest BCUT2D eigenvalue weighted by Crippen LogP contribution is 2.19. The van der Waals surface area contributed by atoms with Gasteiger partial charge >= 0.3 is 0 Å². The lowest BCUT2D eigenvalue weighted by Crippen LogP contribution is -2.25. The maximum Gasteiger partial charge on any atom is 0.255 e. The molecule has 0 saturated carbocycles. The summed E-state index contributed by atoms with van der Waals surface area (Å²) < 4.78 is 54.5. The zero-order chi connectivity index (χ0) is 21.7. The zero-order valence-electron chi connectivity index (χ0n) is 16.2. The van der Waals surface area contributed by atoms with Gasteiger partial charge in [0.15, 0.2) is 0 Å². The molecule has 0 bridgehead atoms. The second-order valence-corrected chi connectivity index (χ2v) is 8.34. The SMILES string of the molecule is CCc1ccc(NC(=O)c2ccc(F)c(S(=O)(=O)NCc3ccc(F)cc3)c2)cc1. The molecule has 0 aliphatic heterocycles. The number of benzene rings is 3. The van der Waals surface area contributed by atoms with Crippen molar-refractivity contribution in [3.8, 4) is 0 Å². The fourth-order valence-electron chi connectivity index (χ4n) is 2.74. The van der Waals surface area contributed by atoms with E-state index in [1.807, 2.05) is 19.1 Å². The summed E-state index contributed by atoms with van der Waals surface area (Å²) in [5.74, 6) is -1.99. The molecule has 1 amide bonds. The average molecular weight is 430 g/mol. The summed E-state index contributed by atoms with van der Waals surface area (Å²) in [6.07, 6.45) is 0.859.